The van der Waals surface area contributed by atoms with Crippen molar-refractivity contribution in [2.75, 3.05) is 11.9 Å². The number of aromatic nitrogens is 3. The third kappa shape index (κ3) is 2.45. The summed E-state index contributed by atoms with van der Waals surface area (Å²) < 4.78 is 2.12. The Morgan fingerprint density at radius 2 is 2.14 bits per heavy atom. The monoisotopic (exact) mass is 292 g/mol. The van der Waals surface area contributed by atoms with Crippen LogP contribution in [0.4, 0.5) is 5.69 Å². The molecule has 0 amide bonds. The Balaban J connectivity index is 1.55. The Morgan fingerprint density at radius 1 is 1.18 bits per heavy atom. The molecule has 4 rings (SSSR count). The summed E-state index contributed by atoms with van der Waals surface area (Å²) in [6.07, 6.45) is 10.3. The Labute approximate surface area is 130 Å². The molecular formula is C18H20N4. The van der Waals surface area contributed by atoms with Gasteiger partial charge in [-0.1, -0.05) is 18.2 Å². The fourth-order valence-electron chi connectivity index (χ4n) is 3.31. The second-order valence-corrected chi connectivity index (χ2v) is 5.86. The number of imidazole rings is 1. The maximum atomic E-state index is 4.83. The van der Waals surface area contributed by atoms with Crippen molar-refractivity contribution in [3.63, 3.8) is 0 Å². The number of nitrogens with zero attached hydrogens (tertiary/aromatic N) is 3. The van der Waals surface area contributed by atoms with Gasteiger partial charge in [-0.25, -0.2) is 4.98 Å². The van der Waals surface area contributed by atoms with Crippen LogP contribution < -0.4 is 5.32 Å². The summed E-state index contributed by atoms with van der Waals surface area (Å²) in [5.74, 6) is 0. The lowest BCUT2D eigenvalue weighted by Crippen LogP contribution is -2.08. The van der Waals surface area contributed by atoms with Gasteiger partial charge in [0.1, 0.15) is 0 Å². The molecule has 1 N–H and O–H groups in total. The molecule has 0 fully saturated rings. The van der Waals surface area contributed by atoms with Gasteiger partial charge in [0, 0.05) is 42.3 Å². The number of para-hydroxylation sites is 1. The second kappa shape index (κ2) is 5.79. The van der Waals surface area contributed by atoms with Crippen LogP contribution in [0.3, 0.4) is 0 Å². The molecule has 1 aliphatic rings. The number of fused-ring (bicyclic) bond motifs is 2. The lowest BCUT2D eigenvalue weighted by atomic mass is 10.1. The van der Waals surface area contributed by atoms with Crippen molar-refractivity contribution in [3.05, 3.63) is 54.2 Å². The van der Waals surface area contributed by atoms with E-state index in [9.17, 15) is 0 Å². The molecule has 0 saturated carbocycles. The molecule has 2 aromatic heterocycles. The Morgan fingerprint density at radius 3 is 3.05 bits per heavy atom. The third-order valence-electron chi connectivity index (χ3n) is 4.37. The molecule has 2 heterocycles. The quantitative estimate of drug-likeness (QED) is 0.733. The van der Waals surface area contributed by atoms with Crippen LogP contribution >= 0.6 is 0 Å². The van der Waals surface area contributed by atoms with Crippen LogP contribution in [-0.4, -0.2) is 21.1 Å². The van der Waals surface area contributed by atoms with Crippen molar-refractivity contribution in [1.29, 1.82) is 0 Å². The van der Waals surface area contributed by atoms with E-state index in [4.69, 9.17) is 4.98 Å². The summed E-state index contributed by atoms with van der Waals surface area (Å²) >= 11 is 0. The molecule has 3 aromatic rings. The van der Waals surface area contributed by atoms with Gasteiger partial charge in [-0.3, -0.25) is 4.98 Å². The van der Waals surface area contributed by atoms with E-state index in [-0.39, 0.29) is 0 Å². The second-order valence-electron chi connectivity index (χ2n) is 5.86. The highest BCUT2D eigenvalue weighted by Crippen LogP contribution is 2.33. The molecule has 0 bridgehead atoms. The minimum atomic E-state index is 0.971. The van der Waals surface area contributed by atoms with Crippen LogP contribution in [-0.2, 0) is 19.4 Å². The first kappa shape index (κ1) is 13.3. The Kier molecular flexibility index (Phi) is 3.51. The molecule has 4 heteroatoms. The van der Waals surface area contributed by atoms with E-state index in [1.54, 1.807) is 0 Å². The molecule has 0 spiro atoms. The topological polar surface area (TPSA) is 42.7 Å². The number of rotatable bonds is 5. The maximum absolute atomic E-state index is 4.83. The van der Waals surface area contributed by atoms with Crippen LogP contribution in [0.1, 0.15) is 24.1 Å². The van der Waals surface area contributed by atoms with Crippen molar-refractivity contribution >= 4 is 16.6 Å². The predicted molar refractivity (Wildman–Crippen MR) is 89.1 cm³/mol. The molecule has 0 aliphatic heterocycles. The third-order valence-corrected chi connectivity index (χ3v) is 4.37. The molecule has 0 unspecified atom stereocenters. The summed E-state index contributed by atoms with van der Waals surface area (Å²) in [5, 5.41) is 4.93. The summed E-state index contributed by atoms with van der Waals surface area (Å²) in [4.78, 5) is 8.91. The van der Waals surface area contributed by atoms with E-state index in [1.165, 1.54) is 28.8 Å². The van der Waals surface area contributed by atoms with Gasteiger partial charge in [0.15, 0.2) is 0 Å². The lowest BCUT2D eigenvalue weighted by molar-refractivity contribution is 0.660. The van der Waals surface area contributed by atoms with Crippen LogP contribution in [0, 0.1) is 0 Å². The first-order chi connectivity index (χ1) is 10.9. The molecule has 112 valence electrons. The molecule has 0 saturated heterocycles. The van der Waals surface area contributed by atoms with E-state index < -0.39 is 0 Å². The average molecular weight is 292 g/mol. The van der Waals surface area contributed by atoms with Gasteiger partial charge >= 0.3 is 0 Å². The molecule has 22 heavy (non-hydrogen) atoms. The van der Waals surface area contributed by atoms with Gasteiger partial charge < -0.3 is 9.88 Å². The molecular weight excluding hydrogens is 272 g/mol. The predicted octanol–water partition coefficient (Wildman–Crippen LogP) is 3.42. The zero-order chi connectivity index (χ0) is 14.8. The van der Waals surface area contributed by atoms with Crippen LogP contribution in [0.2, 0.25) is 0 Å². The highest BCUT2D eigenvalue weighted by atomic mass is 15.0. The van der Waals surface area contributed by atoms with Crippen molar-refractivity contribution in [2.45, 2.75) is 32.2 Å². The molecule has 0 radical (unpaired) electrons. The zero-order valence-corrected chi connectivity index (χ0v) is 12.6. The van der Waals surface area contributed by atoms with E-state index >= 15 is 0 Å². The van der Waals surface area contributed by atoms with Gasteiger partial charge in [0.2, 0.25) is 0 Å². The first-order valence-corrected chi connectivity index (χ1v) is 8.02. The van der Waals surface area contributed by atoms with Crippen LogP contribution in [0.25, 0.3) is 10.9 Å². The SMILES string of the molecule is c1ccc2c(NCCCn3ccnc3)c3c(nc2c1)CCC3. The van der Waals surface area contributed by atoms with Crippen molar-refractivity contribution < 1.29 is 0 Å². The standard InChI is InChI=1S/C18H20N4/c1-2-7-16-14(5-1)18(15-6-3-8-17(15)21-16)20-9-4-11-22-12-10-19-13-22/h1-2,5,7,10,12-13H,3-4,6,8-9,11H2,(H,20,21). The molecule has 1 aliphatic carbocycles. The number of benzene rings is 1. The number of hydrogen-bond acceptors (Lipinski definition) is 3. The van der Waals surface area contributed by atoms with Crippen LogP contribution in [0.5, 0.6) is 0 Å². The van der Waals surface area contributed by atoms with Crippen molar-refractivity contribution in [1.82, 2.24) is 14.5 Å². The Bertz CT molecular complexity index is 777. The van der Waals surface area contributed by atoms with Crippen molar-refractivity contribution in [3.8, 4) is 0 Å². The van der Waals surface area contributed by atoms with Gasteiger partial charge in [-0.05, 0) is 37.3 Å². The van der Waals surface area contributed by atoms with E-state index in [1.807, 2.05) is 18.7 Å². The van der Waals surface area contributed by atoms with Crippen molar-refractivity contribution in [2.24, 2.45) is 0 Å². The number of pyridine rings is 1. The number of aryl methyl sites for hydroxylation is 2. The largest absolute Gasteiger partial charge is 0.384 e. The van der Waals surface area contributed by atoms with E-state index in [2.05, 4.69) is 39.1 Å². The highest BCUT2D eigenvalue weighted by molar-refractivity contribution is 5.93. The Hall–Kier alpha value is -2.36. The molecule has 4 nitrogen and oxygen atoms in total. The number of hydrogen-bond donors (Lipinski definition) is 1. The molecule has 1 aromatic carbocycles. The maximum Gasteiger partial charge on any atom is 0.0945 e. The lowest BCUT2D eigenvalue weighted by Gasteiger charge is -2.14. The minimum Gasteiger partial charge on any atom is -0.384 e. The van der Waals surface area contributed by atoms with E-state index in [0.29, 0.717) is 0 Å². The normalized spacial score (nSPS) is 13.5. The fourth-order valence-corrected chi connectivity index (χ4v) is 3.31. The zero-order valence-electron chi connectivity index (χ0n) is 12.6. The minimum absolute atomic E-state index is 0.971. The summed E-state index contributed by atoms with van der Waals surface area (Å²) in [5.41, 5.74) is 5.14. The smallest absolute Gasteiger partial charge is 0.0945 e. The van der Waals surface area contributed by atoms with E-state index in [0.717, 1.165) is 37.9 Å². The summed E-state index contributed by atoms with van der Waals surface area (Å²) in [6.45, 7) is 1.97. The number of anilines is 1. The summed E-state index contributed by atoms with van der Waals surface area (Å²) in [7, 11) is 0. The highest BCUT2D eigenvalue weighted by Gasteiger charge is 2.18. The number of nitrogens with one attached hydrogen (secondary N) is 1. The van der Waals surface area contributed by atoms with Gasteiger partial charge in [0.25, 0.3) is 0 Å². The fraction of sp³-hybridized carbons (Fsp3) is 0.333. The summed E-state index contributed by atoms with van der Waals surface area (Å²) in [6, 6.07) is 8.46. The average Bonchev–Trinajstić information content (AvgIpc) is 3.21. The van der Waals surface area contributed by atoms with Gasteiger partial charge in [0.05, 0.1) is 11.8 Å². The van der Waals surface area contributed by atoms with Crippen LogP contribution in [0.15, 0.2) is 43.0 Å². The molecule has 0 atom stereocenters. The van der Waals surface area contributed by atoms with Gasteiger partial charge in [-0.2, -0.15) is 0 Å². The van der Waals surface area contributed by atoms with Gasteiger partial charge in [-0.15, -0.1) is 0 Å². The first-order valence-electron chi connectivity index (χ1n) is 8.02.